The lowest BCUT2D eigenvalue weighted by atomic mass is 10.1. The molecule has 1 atom stereocenters. The molecule has 0 radical (unpaired) electrons. The maximum atomic E-state index is 11.6. The van der Waals surface area contributed by atoms with Crippen LogP contribution in [0.25, 0.3) is 0 Å². The van der Waals surface area contributed by atoms with Crippen molar-refractivity contribution in [2.45, 2.75) is 19.4 Å². The first-order valence-corrected chi connectivity index (χ1v) is 6.76. The summed E-state index contributed by atoms with van der Waals surface area (Å²) in [5.74, 6) is 0.0152. The van der Waals surface area contributed by atoms with Gasteiger partial charge in [0, 0.05) is 17.1 Å². The number of hydrogen-bond acceptors (Lipinski definition) is 2. The molecule has 3 nitrogen and oxygen atoms in total. The average molecular weight is 311 g/mol. The molecule has 4 heteroatoms. The van der Waals surface area contributed by atoms with Gasteiger partial charge in [-0.25, -0.2) is 0 Å². The van der Waals surface area contributed by atoms with Gasteiger partial charge in [-0.1, -0.05) is 34.1 Å². The van der Waals surface area contributed by atoms with Gasteiger partial charge in [0.1, 0.15) is 0 Å². The van der Waals surface area contributed by atoms with Gasteiger partial charge in [0.05, 0.1) is 6.54 Å². The zero-order valence-electron chi connectivity index (χ0n) is 10.6. The van der Waals surface area contributed by atoms with E-state index in [0.717, 1.165) is 10.9 Å². The molecule has 1 rings (SSSR count). The van der Waals surface area contributed by atoms with E-state index in [-0.39, 0.29) is 11.9 Å². The first kappa shape index (κ1) is 14.9. The van der Waals surface area contributed by atoms with Gasteiger partial charge in [0.15, 0.2) is 0 Å². The first-order chi connectivity index (χ1) is 8.61. The summed E-state index contributed by atoms with van der Waals surface area (Å²) in [6.45, 7) is 6.57. The van der Waals surface area contributed by atoms with Crippen molar-refractivity contribution in [3.63, 3.8) is 0 Å². The number of hydrogen-bond donors (Lipinski definition) is 2. The number of carbonyl (C=O) groups excluding carboxylic acids is 1. The quantitative estimate of drug-likeness (QED) is 0.599. The highest BCUT2D eigenvalue weighted by Crippen LogP contribution is 2.11. The molecule has 1 aromatic carbocycles. The highest BCUT2D eigenvalue weighted by atomic mass is 79.9. The Morgan fingerprint density at radius 1 is 1.44 bits per heavy atom. The van der Waals surface area contributed by atoms with Crippen LogP contribution in [0.2, 0.25) is 0 Å². The minimum atomic E-state index is 0.0152. The maximum absolute atomic E-state index is 11.6. The fourth-order valence-electron chi connectivity index (χ4n) is 1.64. The molecule has 0 saturated heterocycles. The zero-order chi connectivity index (χ0) is 13.4. The van der Waals surface area contributed by atoms with Crippen molar-refractivity contribution in [2.24, 2.45) is 0 Å². The number of halogens is 1. The van der Waals surface area contributed by atoms with Crippen molar-refractivity contribution in [3.05, 3.63) is 47.0 Å². The van der Waals surface area contributed by atoms with Gasteiger partial charge < -0.3 is 10.6 Å². The molecule has 0 aromatic heterocycles. The Balaban J connectivity index is 2.32. The average Bonchev–Trinajstić information content (AvgIpc) is 2.32. The summed E-state index contributed by atoms with van der Waals surface area (Å²) in [7, 11) is 0. The first-order valence-electron chi connectivity index (χ1n) is 5.97. The highest BCUT2D eigenvalue weighted by Gasteiger charge is 2.07. The molecule has 1 aromatic rings. The Hall–Kier alpha value is -1.13. The third kappa shape index (κ3) is 5.98. The summed E-state index contributed by atoms with van der Waals surface area (Å²) < 4.78 is 1.07. The van der Waals surface area contributed by atoms with Crippen molar-refractivity contribution in [3.8, 4) is 0 Å². The van der Waals surface area contributed by atoms with Crippen LogP contribution < -0.4 is 10.6 Å². The van der Waals surface area contributed by atoms with Crippen molar-refractivity contribution < 1.29 is 4.79 Å². The molecular weight excluding hydrogens is 292 g/mol. The SMILES string of the molecule is C=CCNCC(=O)NC(C)Cc1ccc(Br)cc1. The standard InChI is InChI=1S/C14H19BrN2O/c1-3-8-16-10-14(18)17-11(2)9-12-4-6-13(15)7-5-12/h3-7,11,16H,1,8-10H2,2H3,(H,17,18). The second kappa shape index (κ2) is 8.06. The normalized spacial score (nSPS) is 11.9. The molecule has 2 N–H and O–H groups in total. The number of benzene rings is 1. The number of nitrogens with one attached hydrogen (secondary N) is 2. The van der Waals surface area contributed by atoms with Crippen LogP contribution in [-0.4, -0.2) is 25.0 Å². The zero-order valence-corrected chi connectivity index (χ0v) is 12.2. The van der Waals surface area contributed by atoms with Gasteiger partial charge in [0.2, 0.25) is 5.91 Å². The van der Waals surface area contributed by atoms with E-state index < -0.39 is 0 Å². The third-order valence-corrected chi connectivity index (χ3v) is 2.97. The van der Waals surface area contributed by atoms with Crippen LogP contribution in [0.4, 0.5) is 0 Å². The molecule has 0 fully saturated rings. The third-order valence-electron chi connectivity index (χ3n) is 2.44. The Bertz CT molecular complexity index is 389. The molecule has 98 valence electrons. The monoisotopic (exact) mass is 310 g/mol. The van der Waals surface area contributed by atoms with Crippen LogP contribution in [-0.2, 0) is 11.2 Å². The van der Waals surface area contributed by atoms with Gasteiger partial charge in [-0.2, -0.15) is 0 Å². The smallest absolute Gasteiger partial charge is 0.234 e. The van der Waals surface area contributed by atoms with Crippen LogP contribution in [0.5, 0.6) is 0 Å². The van der Waals surface area contributed by atoms with E-state index in [1.807, 2.05) is 19.1 Å². The van der Waals surface area contributed by atoms with Gasteiger partial charge in [0.25, 0.3) is 0 Å². The Kier molecular flexibility index (Phi) is 6.68. The molecule has 0 spiro atoms. The molecule has 0 aliphatic carbocycles. The largest absolute Gasteiger partial charge is 0.352 e. The number of amides is 1. The fourth-order valence-corrected chi connectivity index (χ4v) is 1.90. The van der Waals surface area contributed by atoms with Gasteiger partial charge >= 0.3 is 0 Å². The molecule has 0 bridgehead atoms. The number of carbonyl (C=O) groups is 1. The van der Waals surface area contributed by atoms with Gasteiger partial charge in [-0.15, -0.1) is 6.58 Å². The lowest BCUT2D eigenvalue weighted by Gasteiger charge is -2.14. The summed E-state index contributed by atoms with van der Waals surface area (Å²) in [6.07, 6.45) is 2.57. The topological polar surface area (TPSA) is 41.1 Å². The van der Waals surface area contributed by atoms with E-state index in [2.05, 4.69) is 45.3 Å². The summed E-state index contributed by atoms with van der Waals surface area (Å²) in [4.78, 5) is 11.6. The second-order valence-corrected chi connectivity index (χ2v) is 5.13. The summed E-state index contributed by atoms with van der Waals surface area (Å²) in [5, 5.41) is 5.93. The summed E-state index contributed by atoms with van der Waals surface area (Å²) in [5.41, 5.74) is 1.21. The van der Waals surface area contributed by atoms with E-state index in [1.54, 1.807) is 6.08 Å². The summed E-state index contributed by atoms with van der Waals surface area (Å²) >= 11 is 3.40. The second-order valence-electron chi connectivity index (χ2n) is 4.22. The fraction of sp³-hybridized carbons (Fsp3) is 0.357. The maximum Gasteiger partial charge on any atom is 0.234 e. The minimum Gasteiger partial charge on any atom is -0.352 e. The highest BCUT2D eigenvalue weighted by molar-refractivity contribution is 9.10. The van der Waals surface area contributed by atoms with E-state index in [4.69, 9.17) is 0 Å². The van der Waals surface area contributed by atoms with Gasteiger partial charge in [-0.3, -0.25) is 4.79 Å². The Morgan fingerprint density at radius 3 is 2.72 bits per heavy atom. The van der Waals surface area contributed by atoms with Crippen LogP contribution in [0.3, 0.4) is 0 Å². The van der Waals surface area contributed by atoms with Gasteiger partial charge in [-0.05, 0) is 31.0 Å². The van der Waals surface area contributed by atoms with E-state index in [1.165, 1.54) is 5.56 Å². The van der Waals surface area contributed by atoms with Crippen LogP contribution >= 0.6 is 15.9 Å². The lowest BCUT2D eigenvalue weighted by molar-refractivity contribution is -0.120. The van der Waals surface area contributed by atoms with Crippen molar-refractivity contribution in [2.75, 3.05) is 13.1 Å². The minimum absolute atomic E-state index is 0.0152. The van der Waals surface area contributed by atoms with E-state index >= 15 is 0 Å². The van der Waals surface area contributed by atoms with Crippen molar-refractivity contribution in [1.29, 1.82) is 0 Å². The van der Waals surface area contributed by atoms with Crippen LogP contribution in [0.15, 0.2) is 41.4 Å². The molecular formula is C14H19BrN2O. The predicted molar refractivity (Wildman–Crippen MR) is 78.5 cm³/mol. The molecule has 1 amide bonds. The molecule has 0 heterocycles. The van der Waals surface area contributed by atoms with E-state index in [9.17, 15) is 4.79 Å². The Morgan fingerprint density at radius 2 is 2.11 bits per heavy atom. The molecule has 0 aliphatic rings. The van der Waals surface area contributed by atoms with E-state index in [0.29, 0.717) is 13.1 Å². The molecule has 0 aliphatic heterocycles. The summed E-state index contributed by atoms with van der Waals surface area (Å²) in [6, 6.07) is 8.26. The molecule has 0 saturated carbocycles. The van der Waals surface area contributed by atoms with Crippen molar-refractivity contribution in [1.82, 2.24) is 10.6 Å². The van der Waals surface area contributed by atoms with Crippen LogP contribution in [0.1, 0.15) is 12.5 Å². The lowest BCUT2D eigenvalue weighted by Crippen LogP contribution is -2.40. The predicted octanol–water partition coefficient (Wildman–Crippen LogP) is 2.27. The Labute approximate surface area is 117 Å². The number of rotatable bonds is 7. The molecule has 1 unspecified atom stereocenters. The molecule has 18 heavy (non-hydrogen) atoms. The van der Waals surface area contributed by atoms with Crippen molar-refractivity contribution >= 4 is 21.8 Å². The van der Waals surface area contributed by atoms with Crippen LogP contribution in [0, 0.1) is 0 Å².